The number of fused-ring (bicyclic) bond motifs is 1. The lowest BCUT2D eigenvalue weighted by molar-refractivity contribution is 0.0189. The molecule has 2 amide bonds. The Balaban J connectivity index is 1.43. The number of amides is 2. The fourth-order valence-electron chi connectivity index (χ4n) is 4.72. The van der Waals surface area contributed by atoms with Crippen LogP contribution in [0.4, 0.5) is 4.79 Å². The number of aromatic nitrogens is 1. The fraction of sp³-hybridized carbons (Fsp3) is 0.733. The van der Waals surface area contributed by atoms with E-state index in [2.05, 4.69) is 10.5 Å². The third-order valence-electron chi connectivity index (χ3n) is 5.44. The molecule has 1 aliphatic heterocycles. The SMILES string of the molecule is COC1C2CC3CN(C(=O)NCc4cc(C)no4)C1C3C2. The van der Waals surface area contributed by atoms with Gasteiger partial charge in [0.2, 0.25) is 0 Å². The molecule has 1 aromatic rings. The number of methoxy groups -OCH3 is 1. The van der Waals surface area contributed by atoms with Gasteiger partial charge in [-0.25, -0.2) is 4.79 Å². The second-order valence-electron chi connectivity index (χ2n) is 6.59. The summed E-state index contributed by atoms with van der Waals surface area (Å²) >= 11 is 0. The monoisotopic (exact) mass is 291 g/mol. The molecule has 1 N–H and O–H groups in total. The molecule has 5 atom stereocenters. The fourth-order valence-corrected chi connectivity index (χ4v) is 4.72. The minimum atomic E-state index is -0.00819. The molecule has 6 heteroatoms. The molecule has 114 valence electrons. The third kappa shape index (κ3) is 1.96. The maximum absolute atomic E-state index is 12.5. The largest absolute Gasteiger partial charge is 0.379 e. The second-order valence-corrected chi connectivity index (χ2v) is 6.59. The average molecular weight is 291 g/mol. The molecule has 0 aromatic carbocycles. The summed E-state index contributed by atoms with van der Waals surface area (Å²) < 4.78 is 10.8. The van der Waals surface area contributed by atoms with Crippen molar-refractivity contribution in [2.75, 3.05) is 13.7 Å². The first-order chi connectivity index (χ1) is 10.2. The van der Waals surface area contributed by atoms with Crippen LogP contribution in [-0.2, 0) is 11.3 Å². The number of nitrogens with zero attached hydrogens (tertiary/aromatic N) is 2. The van der Waals surface area contributed by atoms with E-state index < -0.39 is 0 Å². The number of ether oxygens (including phenoxy) is 1. The van der Waals surface area contributed by atoms with Crippen molar-refractivity contribution in [1.82, 2.24) is 15.4 Å². The molecule has 0 radical (unpaired) electrons. The summed E-state index contributed by atoms with van der Waals surface area (Å²) in [6.45, 7) is 3.13. The lowest BCUT2D eigenvalue weighted by Crippen LogP contribution is -2.48. The molecule has 0 spiro atoms. The highest BCUT2D eigenvalue weighted by atomic mass is 16.5. The molecule has 1 saturated heterocycles. The molecule has 6 nitrogen and oxygen atoms in total. The second kappa shape index (κ2) is 4.73. The zero-order chi connectivity index (χ0) is 14.6. The van der Waals surface area contributed by atoms with Crippen LogP contribution in [0.3, 0.4) is 0 Å². The van der Waals surface area contributed by atoms with Crippen molar-refractivity contribution >= 4 is 6.03 Å². The molecule has 1 aromatic heterocycles. The summed E-state index contributed by atoms with van der Waals surface area (Å²) in [5.41, 5.74) is 0.830. The summed E-state index contributed by atoms with van der Waals surface area (Å²) in [6.07, 6.45) is 2.65. The molecule has 21 heavy (non-hydrogen) atoms. The van der Waals surface area contributed by atoms with Crippen LogP contribution < -0.4 is 5.32 Å². The van der Waals surface area contributed by atoms with Crippen molar-refractivity contribution in [3.63, 3.8) is 0 Å². The zero-order valence-electron chi connectivity index (χ0n) is 12.4. The smallest absolute Gasteiger partial charge is 0.318 e. The standard InChI is InChI=1S/C15H21N3O3/c1-8-3-11(21-17-8)6-16-15(19)18-7-10-4-9-5-12(10)13(18)14(9)20-2/h3,9-10,12-14H,4-7H2,1-2H3,(H,16,19). The van der Waals surface area contributed by atoms with E-state index in [9.17, 15) is 4.79 Å². The Morgan fingerprint density at radius 3 is 3.10 bits per heavy atom. The topological polar surface area (TPSA) is 67.6 Å². The van der Waals surface area contributed by atoms with Gasteiger partial charge < -0.3 is 19.5 Å². The molecule has 2 saturated carbocycles. The van der Waals surface area contributed by atoms with Crippen LogP contribution in [0.5, 0.6) is 0 Å². The molecule has 2 aliphatic carbocycles. The van der Waals surface area contributed by atoms with Crippen LogP contribution in [-0.4, -0.2) is 41.9 Å². The van der Waals surface area contributed by atoms with E-state index >= 15 is 0 Å². The van der Waals surface area contributed by atoms with Gasteiger partial charge in [-0.3, -0.25) is 0 Å². The molecule has 4 rings (SSSR count). The quantitative estimate of drug-likeness (QED) is 0.917. The first-order valence-corrected chi connectivity index (χ1v) is 7.67. The van der Waals surface area contributed by atoms with Crippen molar-refractivity contribution in [2.45, 2.75) is 38.5 Å². The lowest BCUT2D eigenvalue weighted by Gasteiger charge is -2.31. The van der Waals surface area contributed by atoms with Crippen LogP contribution in [0.1, 0.15) is 24.3 Å². The van der Waals surface area contributed by atoms with Crippen molar-refractivity contribution in [2.24, 2.45) is 17.8 Å². The van der Waals surface area contributed by atoms with Crippen molar-refractivity contribution < 1.29 is 14.1 Å². The number of hydrogen-bond acceptors (Lipinski definition) is 4. The highest BCUT2D eigenvalue weighted by Crippen LogP contribution is 2.55. The molecular formula is C15H21N3O3. The Morgan fingerprint density at radius 2 is 2.38 bits per heavy atom. The van der Waals surface area contributed by atoms with E-state index in [1.54, 1.807) is 7.11 Å². The van der Waals surface area contributed by atoms with Crippen LogP contribution in [0.25, 0.3) is 0 Å². The number of urea groups is 1. The zero-order valence-corrected chi connectivity index (χ0v) is 12.4. The molecular weight excluding hydrogens is 270 g/mol. The normalized spacial score (nSPS) is 36.5. The first-order valence-electron chi connectivity index (χ1n) is 7.67. The number of likely N-dealkylation sites (tertiary alicyclic amines) is 1. The number of carbonyl (C=O) groups excluding carboxylic acids is 1. The van der Waals surface area contributed by atoms with E-state index in [-0.39, 0.29) is 18.2 Å². The minimum absolute atomic E-state index is 0.00819. The average Bonchev–Trinajstić information content (AvgIpc) is 3.16. The van der Waals surface area contributed by atoms with E-state index in [0.717, 1.165) is 12.2 Å². The third-order valence-corrected chi connectivity index (χ3v) is 5.44. The summed E-state index contributed by atoms with van der Waals surface area (Å²) in [6, 6.07) is 2.10. The van der Waals surface area contributed by atoms with Gasteiger partial charge in [-0.15, -0.1) is 0 Å². The Kier molecular flexibility index (Phi) is 2.96. The predicted molar refractivity (Wildman–Crippen MR) is 74.5 cm³/mol. The molecule has 3 aliphatic rings. The minimum Gasteiger partial charge on any atom is -0.379 e. The first kappa shape index (κ1) is 13.1. The van der Waals surface area contributed by atoms with Gasteiger partial charge in [0.25, 0.3) is 0 Å². The summed E-state index contributed by atoms with van der Waals surface area (Å²) in [7, 11) is 1.77. The van der Waals surface area contributed by atoms with Crippen LogP contribution in [0.2, 0.25) is 0 Å². The van der Waals surface area contributed by atoms with Gasteiger partial charge in [-0.05, 0) is 37.5 Å². The van der Waals surface area contributed by atoms with Gasteiger partial charge in [0, 0.05) is 19.7 Å². The number of carbonyl (C=O) groups is 1. The Labute approximate surface area is 123 Å². The Morgan fingerprint density at radius 1 is 1.52 bits per heavy atom. The molecule has 5 unspecified atom stereocenters. The van der Waals surface area contributed by atoms with Crippen LogP contribution >= 0.6 is 0 Å². The van der Waals surface area contributed by atoms with Crippen LogP contribution in [0.15, 0.2) is 10.6 Å². The number of hydrogen-bond donors (Lipinski definition) is 1. The Bertz CT molecular complexity index is 556. The van der Waals surface area contributed by atoms with E-state index in [4.69, 9.17) is 9.26 Å². The summed E-state index contributed by atoms with van der Waals surface area (Å²) in [5.74, 6) is 2.64. The highest BCUT2D eigenvalue weighted by Gasteiger charge is 2.60. The van der Waals surface area contributed by atoms with Crippen molar-refractivity contribution in [3.05, 3.63) is 17.5 Å². The van der Waals surface area contributed by atoms with Gasteiger partial charge >= 0.3 is 6.03 Å². The molecule has 2 bridgehead atoms. The van der Waals surface area contributed by atoms with Crippen LogP contribution in [0, 0.1) is 24.7 Å². The van der Waals surface area contributed by atoms with Gasteiger partial charge in [0.1, 0.15) is 0 Å². The number of rotatable bonds is 3. The van der Waals surface area contributed by atoms with Gasteiger partial charge in [-0.1, -0.05) is 5.16 Å². The van der Waals surface area contributed by atoms with E-state index in [1.165, 1.54) is 12.8 Å². The molecule has 2 heterocycles. The summed E-state index contributed by atoms with van der Waals surface area (Å²) in [4.78, 5) is 14.5. The van der Waals surface area contributed by atoms with Gasteiger partial charge in [0.15, 0.2) is 5.76 Å². The number of nitrogens with one attached hydrogen (secondary N) is 1. The van der Waals surface area contributed by atoms with Gasteiger partial charge in [0.05, 0.1) is 24.4 Å². The van der Waals surface area contributed by atoms with Crippen molar-refractivity contribution in [1.29, 1.82) is 0 Å². The van der Waals surface area contributed by atoms with Crippen molar-refractivity contribution in [3.8, 4) is 0 Å². The predicted octanol–water partition coefficient (Wildman–Crippen LogP) is 1.55. The highest BCUT2D eigenvalue weighted by molar-refractivity contribution is 5.75. The maximum Gasteiger partial charge on any atom is 0.318 e. The maximum atomic E-state index is 12.5. The van der Waals surface area contributed by atoms with E-state index in [1.807, 2.05) is 17.9 Å². The Hall–Kier alpha value is -1.56. The van der Waals surface area contributed by atoms with Gasteiger partial charge in [-0.2, -0.15) is 0 Å². The summed E-state index contributed by atoms with van der Waals surface area (Å²) in [5, 5.41) is 6.78. The van der Waals surface area contributed by atoms with E-state index in [0.29, 0.717) is 30.1 Å². The number of aryl methyl sites for hydroxylation is 1. The lowest BCUT2D eigenvalue weighted by atomic mass is 9.88. The molecule has 3 fully saturated rings.